The van der Waals surface area contributed by atoms with Crippen LogP contribution in [0.1, 0.15) is 12.1 Å². The summed E-state index contributed by atoms with van der Waals surface area (Å²) in [5, 5.41) is 13.8. The van der Waals surface area contributed by atoms with Gasteiger partial charge in [0.15, 0.2) is 5.69 Å². The molecule has 0 atom stereocenters. The van der Waals surface area contributed by atoms with Gasteiger partial charge in [-0.25, -0.2) is 0 Å². The van der Waals surface area contributed by atoms with Gasteiger partial charge in [-0.1, -0.05) is 0 Å². The molecular formula is C9H9F3N4O. The minimum absolute atomic E-state index is 0.151. The summed E-state index contributed by atoms with van der Waals surface area (Å²) in [5.74, 6) is -0.489. The van der Waals surface area contributed by atoms with Crippen molar-refractivity contribution in [1.82, 2.24) is 15.1 Å². The summed E-state index contributed by atoms with van der Waals surface area (Å²) in [7, 11) is 0. The fourth-order valence-electron chi connectivity index (χ4n) is 1.06. The molecule has 1 aromatic heterocycles. The van der Waals surface area contributed by atoms with E-state index in [0.717, 1.165) is 16.9 Å². The van der Waals surface area contributed by atoms with Crippen LogP contribution in [-0.4, -0.2) is 22.2 Å². The second-order valence-corrected chi connectivity index (χ2v) is 3.15. The van der Waals surface area contributed by atoms with Gasteiger partial charge >= 0.3 is 6.18 Å². The molecule has 5 nitrogen and oxygen atoms in total. The van der Waals surface area contributed by atoms with Crippen LogP contribution < -0.4 is 5.32 Å². The standard InChI is InChI=1S/C9H9F3N4O/c10-9(11,12)7-2-5-16(15-7)6-8(17)14-4-1-3-13/h2,5H,1,4,6H2,(H,14,17). The van der Waals surface area contributed by atoms with E-state index in [-0.39, 0.29) is 19.5 Å². The van der Waals surface area contributed by atoms with Gasteiger partial charge in [0.2, 0.25) is 5.91 Å². The van der Waals surface area contributed by atoms with Gasteiger partial charge in [0, 0.05) is 12.7 Å². The van der Waals surface area contributed by atoms with Gasteiger partial charge in [0.25, 0.3) is 0 Å². The summed E-state index contributed by atoms with van der Waals surface area (Å²) in [4.78, 5) is 11.2. The average molecular weight is 246 g/mol. The van der Waals surface area contributed by atoms with E-state index in [2.05, 4.69) is 10.4 Å². The molecule has 0 radical (unpaired) electrons. The van der Waals surface area contributed by atoms with Crippen molar-refractivity contribution < 1.29 is 18.0 Å². The summed E-state index contributed by atoms with van der Waals surface area (Å²) in [6.45, 7) is -0.135. The lowest BCUT2D eigenvalue weighted by Crippen LogP contribution is -2.28. The third kappa shape index (κ3) is 4.14. The Balaban J connectivity index is 2.50. The van der Waals surface area contributed by atoms with Crippen LogP contribution in [0, 0.1) is 11.3 Å². The molecule has 0 saturated heterocycles. The SMILES string of the molecule is N#CCCNC(=O)Cn1ccc(C(F)(F)F)n1. The lowest BCUT2D eigenvalue weighted by atomic mass is 10.4. The number of carbonyl (C=O) groups is 1. The normalized spacial score (nSPS) is 10.9. The second-order valence-electron chi connectivity index (χ2n) is 3.15. The first-order valence-electron chi connectivity index (χ1n) is 4.68. The zero-order valence-corrected chi connectivity index (χ0v) is 8.66. The van der Waals surface area contributed by atoms with E-state index >= 15 is 0 Å². The van der Waals surface area contributed by atoms with E-state index in [0.29, 0.717) is 0 Å². The van der Waals surface area contributed by atoms with E-state index in [9.17, 15) is 18.0 Å². The van der Waals surface area contributed by atoms with Crippen LogP contribution in [0.5, 0.6) is 0 Å². The lowest BCUT2D eigenvalue weighted by molar-refractivity contribution is -0.141. The van der Waals surface area contributed by atoms with Crippen LogP contribution in [0.15, 0.2) is 12.3 Å². The first-order valence-corrected chi connectivity index (χ1v) is 4.68. The number of amides is 1. The topological polar surface area (TPSA) is 70.7 Å². The van der Waals surface area contributed by atoms with Crippen molar-refractivity contribution in [1.29, 1.82) is 5.26 Å². The highest BCUT2D eigenvalue weighted by Crippen LogP contribution is 2.27. The predicted molar refractivity (Wildman–Crippen MR) is 50.5 cm³/mol. The molecule has 92 valence electrons. The lowest BCUT2D eigenvalue weighted by Gasteiger charge is -2.03. The maximum Gasteiger partial charge on any atom is 0.435 e. The van der Waals surface area contributed by atoms with Gasteiger partial charge in [0.1, 0.15) is 6.54 Å². The van der Waals surface area contributed by atoms with Crippen molar-refractivity contribution in [3.8, 4) is 6.07 Å². The number of nitrogens with zero attached hydrogens (tertiary/aromatic N) is 3. The fourth-order valence-corrected chi connectivity index (χ4v) is 1.06. The minimum atomic E-state index is -4.51. The molecule has 0 fully saturated rings. The van der Waals surface area contributed by atoms with Crippen LogP contribution in [0.25, 0.3) is 0 Å². The van der Waals surface area contributed by atoms with Crippen LogP contribution in [0.3, 0.4) is 0 Å². The summed E-state index contributed by atoms with van der Waals surface area (Å²) in [6.07, 6.45) is -3.28. The zero-order chi connectivity index (χ0) is 12.9. The molecule has 0 aliphatic rings. The van der Waals surface area contributed by atoms with Crippen LogP contribution in [0.2, 0.25) is 0 Å². The van der Waals surface area contributed by atoms with E-state index in [4.69, 9.17) is 5.26 Å². The molecule has 1 heterocycles. The van der Waals surface area contributed by atoms with E-state index in [1.165, 1.54) is 0 Å². The highest BCUT2D eigenvalue weighted by molar-refractivity contribution is 5.75. The van der Waals surface area contributed by atoms with E-state index in [1.807, 2.05) is 6.07 Å². The third-order valence-electron chi connectivity index (χ3n) is 1.80. The first kappa shape index (κ1) is 13.0. The number of nitrogens with one attached hydrogen (secondary N) is 1. The van der Waals surface area contributed by atoms with Crippen molar-refractivity contribution in [2.45, 2.75) is 19.1 Å². The first-order chi connectivity index (χ1) is 7.93. The molecule has 0 unspecified atom stereocenters. The maximum atomic E-state index is 12.2. The Hall–Kier alpha value is -2.04. The predicted octanol–water partition coefficient (Wildman–Crippen LogP) is 0.932. The van der Waals surface area contributed by atoms with E-state index in [1.54, 1.807) is 0 Å². The van der Waals surface area contributed by atoms with Crippen LogP contribution in [-0.2, 0) is 17.5 Å². The van der Waals surface area contributed by atoms with Crippen LogP contribution >= 0.6 is 0 Å². The monoisotopic (exact) mass is 246 g/mol. The molecule has 8 heteroatoms. The summed E-state index contributed by atoms with van der Waals surface area (Å²) in [5.41, 5.74) is -1.04. The quantitative estimate of drug-likeness (QED) is 0.803. The highest BCUT2D eigenvalue weighted by atomic mass is 19.4. The molecule has 17 heavy (non-hydrogen) atoms. The van der Waals surface area contributed by atoms with Crippen molar-refractivity contribution in [3.63, 3.8) is 0 Å². The smallest absolute Gasteiger partial charge is 0.353 e. The molecular weight excluding hydrogens is 237 g/mol. The number of hydrogen-bond donors (Lipinski definition) is 1. The highest BCUT2D eigenvalue weighted by Gasteiger charge is 2.33. The molecule has 0 spiro atoms. The summed E-state index contributed by atoms with van der Waals surface area (Å²) < 4.78 is 37.4. The number of carbonyl (C=O) groups excluding carboxylic acids is 1. The number of alkyl halides is 3. The minimum Gasteiger partial charge on any atom is -0.353 e. The molecule has 0 saturated carbocycles. The van der Waals surface area contributed by atoms with E-state index < -0.39 is 17.8 Å². The molecule has 0 aliphatic heterocycles. The van der Waals surface area contributed by atoms with Crippen LogP contribution in [0.4, 0.5) is 13.2 Å². The van der Waals surface area contributed by atoms with Gasteiger partial charge in [-0.15, -0.1) is 0 Å². The Morgan fingerprint density at radius 2 is 2.29 bits per heavy atom. The van der Waals surface area contributed by atoms with Crippen molar-refractivity contribution >= 4 is 5.91 Å². The van der Waals surface area contributed by atoms with Gasteiger partial charge in [-0.05, 0) is 6.07 Å². The third-order valence-corrected chi connectivity index (χ3v) is 1.80. The van der Waals surface area contributed by atoms with Crippen molar-refractivity contribution in [2.24, 2.45) is 0 Å². The molecule has 1 N–H and O–H groups in total. The average Bonchev–Trinajstić information content (AvgIpc) is 2.66. The number of aromatic nitrogens is 2. The van der Waals surface area contributed by atoms with Crippen molar-refractivity contribution in [2.75, 3.05) is 6.54 Å². The number of nitriles is 1. The van der Waals surface area contributed by atoms with Gasteiger partial charge in [0.05, 0.1) is 12.5 Å². The molecule has 1 rings (SSSR count). The largest absolute Gasteiger partial charge is 0.435 e. The Morgan fingerprint density at radius 3 is 2.82 bits per heavy atom. The Kier molecular flexibility index (Phi) is 4.09. The maximum absolute atomic E-state index is 12.2. The number of rotatable bonds is 4. The molecule has 0 aromatic carbocycles. The Labute approximate surface area is 94.8 Å². The molecule has 0 bridgehead atoms. The van der Waals surface area contributed by atoms with Gasteiger partial charge < -0.3 is 5.32 Å². The van der Waals surface area contributed by atoms with Gasteiger partial charge in [-0.3, -0.25) is 9.48 Å². The summed E-state index contributed by atoms with van der Waals surface area (Å²) in [6, 6.07) is 2.62. The summed E-state index contributed by atoms with van der Waals surface area (Å²) >= 11 is 0. The number of hydrogen-bond acceptors (Lipinski definition) is 3. The Morgan fingerprint density at radius 1 is 1.59 bits per heavy atom. The molecule has 1 aromatic rings. The Bertz CT molecular complexity index is 432. The van der Waals surface area contributed by atoms with Gasteiger partial charge in [-0.2, -0.15) is 23.5 Å². The molecule has 1 amide bonds. The van der Waals surface area contributed by atoms with Crippen molar-refractivity contribution in [3.05, 3.63) is 18.0 Å². The zero-order valence-electron chi connectivity index (χ0n) is 8.66. The number of halogens is 3. The second kappa shape index (κ2) is 5.34. The fraction of sp³-hybridized carbons (Fsp3) is 0.444. The molecule has 0 aliphatic carbocycles.